The van der Waals surface area contributed by atoms with Gasteiger partial charge in [-0.25, -0.2) is 4.79 Å². The summed E-state index contributed by atoms with van der Waals surface area (Å²) >= 11 is 0. The first-order chi connectivity index (χ1) is 15.5. The van der Waals surface area contributed by atoms with Crippen LogP contribution in [0.5, 0.6) is 0 Å². The third-order valence-corrected chi connectivity index (χ3v) is 7.96. The minimum atomic E-state index is -0.886. The summed E-state index contributed by atoms with van der Waals surface area (Å²) in [7, 11) is 0. The molecular formula is C31H38O2. The van der Waals surface area contributed by atoms with Gasteiger partial charge in [0.25, 0.3) is 0 Å². The number of benzene rings is 2. The molecule has 1 fully saturated rings. The molecule has 0 aliphatic heterocycles. The molecule has 0 heterocycles. The van der Waals surface area contributed by atoms with Gasteiger partial charge >= 0.3 is 5.97 Å². The van der Waals surface area contributed by atoms with Crippen LogP contribution in [0.2, 0.25) is 0 Å². The Kier molecular flexibility index (Phi) is 5.93. The number of rotatable bonds is 6. The highest BCUT2D eigenvalue weighted by atomic mass is 16.4. The van der Waals surface area contributed by atoms with Gasteiger partial charge in [-0.3, -0.25) is 0 Å². The summed E-state index contributed by atoms with van der Waals surface area (Å²) in [6.07, 6.45) is 9.89. The van der Waals surface area contributed by atoms with Crippen molar-refractivity contribution < 1.29 is 9.90 Å². The van der Waals surface area contributed by atoms with Crippen LogP contribution in [0.1, 0.15) is 94.5 Å². The molecule has 2 heteroatoms. The Morgan fingerprint density at radius 1 is 1.06 bits per heavy atom. The molecule has 2 aliphatic carbocycles. The van der Waals surface area contributed by atoms with E-state index in [9.17, 15) is 4.79 Å². The topological polar surface area (TPSA) is 37.3 Å². The van der Waals surface area contributed by atoms with E-state index in [-0.39, 0.29) is 16.2 Å². The maximum Gasteiger partial charge on any atom is 0.328 e. The third-order valence-electron chi connectivity index (χ3n) is 7.96. The summed E-state index contributed by atoms with van der Waals surface area (Å²) < 4.78 is 0. The van der Waals surface area contributed by atoms with E-state index >= 15 is 0 Å². The van der Waals surface area contributed by atoms with Crippen LogP contribution in [0.25, 0.3) is 0 Å². The maximum atomic E-state index is 10.9. The molecule has 174 valence electrons. The quantitative estimate of drug-likeness (QED) is 0.369. The largest absolute Gasteiger partial charge is 0.478 e. The van der Waals surface area contributed by atoms with Gasteiger partial charge in [-0.15, -0.1) is 0 Å². The zero-order chi connectivity index (χ0) is 24.0. The summed E-state index contributed by atoms with van der Waals surface area (Å²) in [4.78, 5) is 10.9. The molecule has 1 N–H and O–H groups in total. The summed E-state index contributed by atoms with van der Waals surface area (Å²) in [6, 6.07) is 16.0. The first-order valence-corrected chi connectivity index (χ1v) is 12.3. The van der Waals surface area contributed by atoms with E-state index in [0.29, 0.717) is 5.92 Å². The Morgan fingerprint density at radius 2 is 1.73 bits per heavy atom. The second kappa shape index (κ2) is 8.31. The van der Waals surface area contributed by atoms with E-state index in [1.165, 1.54) is 41.2 Å². The molecule has 33 heavy (non-hydrogen) atoms. The minimum Gasteiger partial charge on any atom is -0.478 e. The van der Waals surface area contributed by atoms with E-state index in [0.717, 1.165) is 18.4 Å². The van der Waals surface area contributed by atoms with Gasteiger partial charge in [0.15, 0.2) is 0 Å². The van der Waals surface area contributed by atoms with Gasteiger partial charge in [0.1, 0.15) is 0 Å². The number of hydrogen-bond donors (Lipinski definition) is 1. The predicted octanol–water partition coefficient (Wildman–Crippen LogP) is 7.61. The Labute approximate surface area is 199 Å². The van der Waals surface area contributed by atoms with Gasteiger partial charge in [0.05, 0.1) is 0 Å². The van der Waals surface area contributed by atoms with Crippen LogP contribution < -0.4 is 0 Å². The fraction of sp³-hybridized carbons (Fsp3) is 0.452. The molecule has 0 spiro atoms. The van der Waals surface area contributed by atoms with E-state index < -0.39 is 5.97 Å². The van der Waals surface area contributed by atoms with Crippen LogP contribution >= 0.6 is 0 Å². The minimum absolute atomic E-state index is 0.0828. The number of carboxylic acid groups (broad SMARTS) is 1. The van der Waals surface area contributed by atoms with Crippen molar-refractivity contribution in [3.63, 3.8) is 0 Å². The lowest BCUT2D eigenvalue weighted by molar-refractivity contribution is -0.131. The lowest BCUT2D eigenvalue weighted by Gasteiger charge is -2.33. The van der Waals surface area contributed by atoms with Gasteiger partial charge in [-0.2, -0.15) is 0 Å². The molecule has 2 nitrogen and oxygen atoms in total. The highest BCUT2D eigenvalue weighted by Gasteiger charge is 2.49. The molecule has 1 atom stereocenters. The van der Waals surface area contributed by atoms with Crippen LogP contribution in [0, 0.1) is 0 Å². The van der Waals surface area contributed by atoms with Gasteiger partial charge in [-0.1, -0.05) is 89.2 Å². The van der Waals surface area contributed by atoms with Crippen LogP contribution in [0.15, 0.2) is 66.3 Å². The summed E-state index contributed by atoms with van der Waals surface area (Å²) in [6.45, 7) is 13.7. The SMILES string of the molecule is CC(/C=C/CC1(c2cccc3c2CC(c2ccccc2C(C)(C)C)C3(C)C)CC1)=C\C(=O)O. The average Bonchev–Trinajstić information content (AvgIpc) is 3.45. The number of allylic oxidation sites excluding steroid dienone is 3. The van der Waals surface area contributed by atoms with Crippen molar-refractivity contribution in [3.05, 3.63) is 94.1 Å². The summed E-state index contributed by atoms with van der Waals surface area (Å²) in [5, 5.41) is 8.97. The second-order valence-corrected chi connectivity index (χ2v) is 11.8. The molecule has 1 unspecified atom stereocenters. The van der Waals surface area contributed by atoms with Gasteiger partial charge in [-0.05, 0) is 88.2 Å². The third kappa shape index (κ3) is 4.45. The normalized spacial score (nSPS) is 21.3. The maximum absolute atomic E-state index is 10.9. The number of carboxylic acids is 1. The van der Waals surface area contributed by atoms with Crippen molar-refractivity contribution >= 4 is 5.97 Å². The molecule has 2 aromatic carbocycles. The Balaban J connectivity index is 1.69. The van der Waals surface area contributed by atoms with Crippen molar-refractivity contribution in [2.75, 3.05) is 0 Å². The molecule has 4 rings (SSSR count). The van der Waals surface area contributed by atoms with E-state index in [1.807, 2.05) is 13.0 Å². The van der Waals surface area contributed by atoms with Crippen LogP contribution in [-0.4, -0.2) is 11.1 Å². The standard InChI is InChI=1S/C31H38O2/c1-21(19-28(32)33)11-10-16-31(17-18-31)26-15-9-14-25-23(26)20-27(30(25,5)6)22-12-7-8-13-24(22)29(2,3)4/h7-15,19,27H,16-18,20H2,1-6H3,(H,32,33)/b11-10+,21-19+. The van der Waals surface area contributed by atoms with Crippen molar-refractivity contribution in [1.82, 2.24) is 0 Å². The molecule has 0 radical (unpaired) electrons. The lowest BCUT2D eigenvalue weighted by Crippen LogP contribution is -2.25. The van der Waals surface area contributed by atoms with Gasteiger partial charge in [0.2, 0.25) is 0 Å². The smallest absolute Gasteiger partial charge is 0.328 e. The molecular weight excluding hydrogens is 404 g/mol. The zero-order valence-corrected chi connectivity index (χ0v) is 21.0. The van der Waals surface area contributed by atoms with Crippen LogP contribution in [0.4, 0.5) is 0 Å². The second-order valence-electron chi connectivity index (χ2n) is 11.8. The van der Waals surface area contributed by atoms with Crippen LogP contribution in [0.3, 0.4) is 0 Å². The Morgan fingerprint density at radius 3 is 2.36 bits per heavy atom. The molecule has 0 aromatic heterocycles. The van der Waals surface area contributed by atoms with E-state index in [4.69, 9.17) is 5.11 Å². The van der Waals surface area contributed by atoms with E-state index in [2.05, 4.69) is 83.2 Å². The molecule has 2 aliphatic rings. The molecule has 1 saturated carbocycles. The van der Waals surface area contributed by atoms with E-state index in [1.54, 1.807) is 5.56 Å². The fourth-order valence-electron chi connectivity index (χ4n) is 5.98. The fourth-order valence-corrected chi connectivity index (χ4v) is 5.98. The lowest BCUT2D eigenvalue weighted by atomic mass is 9.71. The number of fused-ring (bicyclic) bond motifs is 1. The first kappa shape index (κ1) is 23.5. The van der Waals surface area contributed by atoms with Crippen molar-refractivity contribution in [2.45, 2.75) is 89.4 Å². The monoisotopic (exact) mass is 442 g/mol. The Bertz CT molecular complexity index is 1120. The molecule has 2 aromatic rings. The summed E-state index contributed by atoms with van der Waals surface area (Å²) in [5.41, 5.74) is 8.74. The summed E-state index contributed by atoms with van der Waals surface area (Å²) in [5.74, 6) is -0.417. The van der Waals surface area contributed by atoms with Crippen molar-refractivity contribution in [3.8, 4) is 0 Å². The highest BCUT2D eigenvalue weighted by molar-refractivity contribution is 5.81. The number of hydrogen-bond acceptors (Lipinski definition) is 1. The molecule has 0 amide bonds. The molecule has 0 bridgehead atoms. The number of carbonyl (C=O) groups is 1. The van der Waals surface area contributed by atoms with Crippen LogP contribution in [-0.2, 0) is 27.5 Å². The van der Waals surface area contributed by atoms with Crippen molar-refractivity contribution in [1.29, 1.82) is 0 Å². The number of aliphatic carboxylic acids is 1. The first-order valence-electron chi connectivity index (χ1n) is 12.3. The highest BCUT2D eigenvalue weighted by Crippen LogP contribution is 2.58. The Hall–Kier alpha value is -2.61. The van der Waals surface area contributed by atoms with Gasteiger partial charge in [0, 0.05) is 6.08 Å². The average molecular weight is 443 g/mol. The zero-order valence-electron chi connectivity index (χ0n) is 21.0. The van der Waals surface area contributed by atoms with Gasteiger partial charge < -0.3 is 5.11 Å². The van der Waals surface area contributed by atoms with Crippen molar-refractivity contribution in [2.24, 2.45) is 0 Å². The molecule has 0 saturated heterocycles. The predicted molar refractivity (Wildman–Crippen MR) is 137 cm³/mol.